The molecule has 4 nitrogen and oxygen atoms in total. The standard InChI is InChI=1S/C17H24N2O2/c18-16(12-14-6-8-15(20)9-7-14)17(21)19-11-10-13-4-2-1-3-5-13/h4,6-9,16,20H,1-3,5,10-12,18H2,(H,19,21). The summed E-state index contributed by atoms with van der Waals surface area (Å²) in [6.45, 7) is 0.661. The first-order valence-corrected chi connectivity index (χ1v) is 7.64. The molecule has 0 saturated heterocycles. The van der Waals surface area contributed by atoms with Crippen LogP contribution in [0.5, 0.6) is 5.75 Å². The second-order valence-corrected chi connectivity index (χ2v) is 5.63. The topological polar surface area (TPSA) is 75.3 Å². The average molecular weight is 288 g/mol. The van der Waals surface area contributed by atoms with Gasteiger partial charge in [-0.15, -0.1) is 0 Å². The highest BCUT2D eigenvalue weighted by Gasteiger charge is 2.14. The fourth-order valence-corrected chi connectivity index (χ4v) is 2.59. The first-order chi connectivity index (χ1) is 10.1. The summed E-state index contributed by atoms with van der Waals surface area (Å²) in [5.74, 6) is 0.108. The lowest BCUT2D eigenvalue weighted by Crippen LogP contribution is -2.42. The third-order valence-electron chi connectivity index (χ3n) is 3.86. The van der Waals surface area contributed by atoms with Crippen molar-refractivity contribution in [2.45, 2.75) is 44.6 Å². The molecule has 0 saturated carbocycles. The number of aromatic hydroxyl groups is 1. The Morgan fingerprint density at radius 3 is 2.71 bits per heavy atom. The summed E-state index contributed by atoms with van der Waals surface area (Å²) in [6, 6.07) is 6.24. The molecule has 114 valence electrons. The molecule has 0 bridgehead atoms. The maximum atomic E-state index is 12.0. The van der Waals surface area contributed by atoms with E-state index >= 15 is 0 Å². The largest absolute Gasteiger partial charge is 0.508 e. The number of allylic oxidation sites excluding steroid dienone is 1. The Bertz CT molecular complexity index is 494. The third-order valence-corrected chi connectivity index (χ3v) is 3.86. The van der Waals surface area contributed by atoms with Crippen LogP contribution in [-0.4, -0.2) is 23.6 Å². The van der Waals surface area contributed by atoms with Crippen LogP contribution in [-0.2, 0) is 11.2 Å². The van der Waals surface area contributed by atoms with E-state index in [1.54, 1.807) is 24.3 Å². The van der Waals surface area contributed by atoms with Crippen molar-refractivity contribution in [3.8, 4) is 5.75 Å². The molecule has 4 N–H and O–H groups in total. The van der Waals surface area contributed by atoms with Crippen LogP contribution in [0.1, 0.15) is 37.7 Å². The van der Waals surface area contributed by atoms with Gasteiger partial charge in [0.25, 0.3) is 0 Å². The predicted molar refractivity (Wildman–Crippen MR) is 84.0 cm³/mol. The van der Waals surface area contributed by atoms with Crippen LogP contribution in [0.4, 0.5) is 0 Å². The zero-order valence-corrected chi connectivity index (χ0v) is 12.3. The molecule has 0 fully saturated rings. The van der Waals surface area contributed by atoms with E-state index in [0.29, 0.717) is 13.0 Å². The molecular formula is C17H24N2O2. The summed E-state index contributed by atoms with van der Waals surface area (Å²) in [4.78, 5) is 12.0. The zero-order chi connectivity index (χ0) is 15.1. The highest BCUT2D eigenvalue weighted by atomic mass is 16.3. The number of hydrogen-bond acceptors (Lipinski definition) is 3. The third kappa shape index (κ3) is 5.23. The summed E-state index contributed by atoms with van der Waals surface area (Å²) >= 11 is 0. The fraction of sp³-hybridized carbons (Fsp3) is 0.471. The molecule has 1 aliphatic carbocycles. The zero-order valence-electron chi connectivity index (χ0n) is 12.3. The molecule has 1 unspecified atom stereocenters. The first kappa shape index (κ1) is 15.6. The van der Waals surface area contributed by atoms with Crippen molar-refractivity contribution in [3.63, 3.8) is 0 Å². The van der Waals surface area contributed by atoms with Crippen molar-refractivity contribution >= 4 is 5.91 Å². The maximum absolute atomic E-state index is 12.0. The number of benzene rings is 1. The second kappa shape index (κ2) is 7.84. The van der Waals surface area contributed by atoms with Gasteiger partial charge in [0.2, 0.25) is 5.91 Å². The summed E-state index contributed by atoms with van der Waals surface area (Å²) in [5, 5.41) is 12.1. The van der Waals surface area contributed by atoms with Gasteiger partial charge < -0.3 is 16.2 Å². The van der Waals surface area contributed by atoms with Crippen molar-refractivity contribution in [3.05, 3.63) is 41.5 Å². The van der Waals surface area contributed by atoms with Gasteiger partial charge in [0.15, 0.2) is 0 Å². The summed E-state index contributed by atoms with van der Waals surface area (Å²) < 4.78 is 0. The van der Waals surface area contributed by atoms with Crippen molar-refractivity contribution in [1.82, 2.24) is 5.32 Å². The van der Waals surface area contributed by atoms with E-state index in [0.717, 1.165) is 18.4 Å². The number of rotatable bonds is 6. The Hall–Kier alpha value is -1.81. The molecule has 0 spiro atoms. The highest BCUT2D eigenvalue weighted by molar-refractivity contribution is 5.81. The molecule has 0 heterocycles. The fourth-order valence-electron chi connectivity index (χ4n) is 2.59. The molecule has 1 aromatic carbocycles. The van der Waals surface area contributed by atoms with Gasteiger partial charge in [0.1, 0.15) is 5.75 Å². The van der Waals surface area contributed by atoms with Crippen molar-refractivity contribution in [2.75, 3.05) is 6.54 Å². The van der Waals surface area contributed by atoms with Gasteiger partial charge in [-0.3, -0.25) is 4.79 Å². The van der Waals surface area contributed by atoms with Crippen molar-refractivity contribution in [2.24, 2.45) is 5.73 Å². The number of carbonyl (C=O) groups excluding carboxylic acids is 1. The minimum absolute atomic E-state index is 0.112. The Labute approximate surface area is 126 Å². The molecule has 2 rings (SSSR count). The van der Waals surface area contributed by atoms with E-state index in [2.05, 4.69) is 11.4 Å². The van der Waals surface area contributed by atoms with Crippen LogP contribution in [0.2, 0.25) is 0 Å². The quantitative estimate of drug-likeness (QED) is 0.703. The predicted octanol–water partition coefficient (Wildman–Crippen LogP) is 2.27. The van der Waals surface area contributed by atoms with Gasteiger partial charge >= 0.3 is 0 Å². The molecular weight excluding hydrogens is 264 g/mol. The number of nitrogens with one attached hydrogen (secondary N) is 1. The Balaban J connectivity index is 1.72. The highest BCUT2D eigenvalue weighted by Crippen LogP contribution is 2.19. The number of nitrogens with two attached hydrogens (primary N) is 1. The number of phenolic OH excluding ortho intramolecular Hbond substituents is 1. The average Bonchev–Trinajstić information content (AvgIpc) is 2.50. The number of amides is 1. The molecule has 4 heteroatoms. The minimum Gasteiger partial charge on any atom is -0.508 e. The Morgan fingerprint density at radius 1 is 1.29 bits per heavy atom. The number of hydrogen-bond donors (Lipinski definition) is 3. The van der Waals surface area contributed by atoms with Crippen LogP contribution in [0.3, 0.4) is 0 Å². The molecule has 1 amide bonds. The van der Waals surface area contributed by atoms with E-state index in [9.17, 15) is 9.90 Å². The monoisotopic (exact) mass is 288 g/mol. The van der Waals surface area contributed by atoms with Gasteiger partial charge in [-0.2, -0.15) is 0 Å². The molecule has 0 radical (unpaired) electrons. The Kier molecular flexibility index (Phi) is 5.81. The van der Waals surface area contributed by atoms with Gasteiger partial charge in [0.05, 0.1) is 6.04 Å². The lowest BCUT2D eigenvalue weighted by Gasteiger charge is -2.15. The number of phenols is 1. The molecule has 1 aliphatic rings. The van der Waals surface area contributed by atoms with Gasteiger partial charge in [-0.1, -0.05) is 23.8 Å². The second-order valence-electron chi connectivity index (χ2n) is 5.63. The Morgan fingerprint density at radius 2 is 2.05 bits per heavy atom. The lowest BCUT2D eigenvalue weighted by atomic mass is 9.97. The van der Waals surface area contributed by atoms with Crippen LogP contribution in [0.25, 0.3) is 0 Å². The van der Waals surface area contributed by atoms with Crippen LogP contribution < -0.4 is 11.1 Å². The van der Waals surface area contributed by atoms with E-state index in [4.69, 9.17) is 5.73 Å². The minimum atomic E-state index is -0.546. The van der Waals surface area contributed by atoms with E-state index in [-0.39, 0.29) is 11.7 Å². The first-order valence-electron chi connectivity index (χ1n) is 7.64. The van der Waals surface area contributed by atoms with E-state index in [1.807, 2.05) is 0 Å². The van der Waals surface area contributed by atoms with E-state index in [1.165, 1.54) is 24.8 Å². The van der Waals surface area contributed by atoms with Crippen LogP contribution in [0.15, 0.2) is 35.9 Å². The molecule has 0 aliphatic heterocycles. The maximum Gasteiger partial charge on any atom is 0.237 e. The molecule has 1 aromatic rings. The van der Waals surface area contributed by atoms with Gasteiger partial charge in [0, 0.05) is 6.54 Å². The van der Waals surface area contributed by atoms with E-state index < -0.39 is 6.04 Å². The lowest BCUT2D eigenvalue weighted by molar-refractivity contribution is -0.122. The SMILES string of the molecule is NC(Cc1ccc(O)cc1)C(=O)NCCC1=CCCCC1. The van der Waals surface area contributed by atoms with Gasteiger partial charge in [-0.25, -0.2) is 0 Å². The smallest absolute Gasteiger partial charge is 0.237 e. The molecule has 1 atom stereocenters. The van der Waals surface area contributed by atoms with Crippen LogP contribution >= 0.6 is 0 Å². The van der Waals surface area contributed by atoms with Crippen molar-refractivity contribution < 1.29 is 9.90 Å². The van der Waals surface area contributed by atoms with Crippen LogP contribution in [0, 0.1) is 0 Å². The summed E-state index contributed by atoms with van der Waals surface area (Å²) in [5.41, 5.74) is 8.32. The summed E-state index contributed by atoms with van der Waals surface area (Å²) in [7, 11) is 0. The number of carbonyl (C=O) groups is 1. The molecule has 0 aromatic heterocycles. The van der Waals surface area contributed by atoms with Gasteiger partial charge in [-0.05, 0) is 56.2 Å². The summed E-state index contributed by atoms with van der Waals surface area (Å²) in [6.07, 6.45) is 8.59. The normalized spacial score (nSPS) is 16.1. The molecule has 21 heavy (non-hydrogen) atoms. The van der Waals surface area contributed by atoms with Crippen molar-refractivity contribution in [1.29, 1.82) is 0 Å².